The molecule has 0 aliphatic rings. The number of anilines is 1. The normalized spacial score (nSPS) is 10.7. The quantitative estimate of drug-likeness (QED) is 0.337. The van der Waals surface area contributed by atoms with Crippen LogP contribution in [0.4, 0.5) is 10.5 Å². The minimum Gasteiger partial charge on any atom is -0.331 e. The molecular formula is C24H22ClN5OS. The molecule has 0 saturated carbocycles. The average molecular weight is 464 g/mol. The summed E-state index contributed by atoms with van der Waals surface area (Å²) in [5.41, 5.74) is 3.94. The first-order valence-electron chi connectivity index (χ1n) is 10.1. The van der Waals surface area contributed by atoms with E-state index < -0.39 is 0 Å². The van der Waals surface area contributed by atoms with Crippen LogP contribution in [-0.4, -0.2) is 20.8 Å². The van der Waals surface area contributed by atoms with Gasteiger partial charge in [0.05, 0.1) is 6.54 Å². The number of hydrogen-bond acceptors (Lipinski definition) is 4. The number of amides is 2. The van der Waals surface area contributed by atoms with Crippen molar-refractivity contribution in [1.29, 1.82) is 0 Å². The fourth-order valence-corrected chi connectivity index (χ4v) is 4.20. The number of carbonyl (C=O) groups is 1. The molecule has 3 aromatic carbocycles. The molecule has 2 amide bonds. The number of halogens is 1. The van der Waals surface area contributed by atoms with Crippen molar-refractivity contribution in [3.8, 4) is 5.69 Å². The molecule has 0 radical (unpaired) electrons. The molecule has 0 bridgehead atoms. The molecule has 0 atom stereocenters. The van der Waals surface area contributed by atoms with E-state index in [2.05, 4.69) is 33.0 Å². The molecule has 8 heteroatoms. The first kappa shape index (κ1) is 21.9. The minimum atomic E-state index is -0.343. The van der Waals surface area contributed by atoms with E-state index >= 15 is 0 Å². The molecule has 0 saturated heterocycles. The summed E-state index contributed by atoms with van der Waals surface area (Å²) in [6.07, 6.45) is 0. The second-order valence-electron chi connectivity index (χ2n) is 7.16. The molecule has 1 aromatic heterocycles. The Morgan fingerprint density at radius 1 is 1.00 bits per heavy atom. The van der Waals surface area contributed by atoms with Crippen molar-refractivity contribution in [2.75, 3.05) is 5.32 Å². The Morgan fingerprint density at radius 3 is 2.53 bits per heavy atom. The number of thioether (sulfide) groups is 1. The summed E-state index contributed by atoms with van der Waals surface area (Å²) in [5.74, 6) is 1.42. The van der Waals surface area contributed by atoms with Gasteiger partial charge in [-0.25, -0.2) is 4.79 Å². The molecule has 0 aliphatic heterocycles. The maximum Gasteiger partial charge on any atom is 0.319 e. The van der Waals surface area contributed by atoms with Gasteiger partial charge in [0, 0.05) is 22.2 Å². The summed E-state index contributed by atoms with van der Waals surface area (Å²) in [6.45, 7) is 2.27. The minimum absolute atomic E-state index is 0.221. The summed E-state index contributed by atoms with van der Waals surface area (Å²) in [4.78, 5) is 12.4. The highest BCUT2D eigenvalue weighted by atomic mass is 35.5. The Bertz CT molecular complexity index is 1190. The Morgan fingerprint density at radius 2 is 1.78 bits per heavy atom. The Balaban J connectivity index is 1.51. The van der Waals surface area contributed by atoms with Crippen LogP contribution in [0, 0.1) is 6.92 Å². The number of aromatic nitrogens is 3. The fraction of sp³-hybridized carbons (Fsp3) is 0.125. The van der Waals surface area contributed by atoms with Crippen LogP contribution in [0.2, 0.25) is 5.02 Å². The van der Waals surface area contributed by atoms with Crippen molar-refractivity contribution in [2.45, 2.75) is 24.4 Å². The molecule has 1 heterocycles. The zero-order valence-electron chi connectivity index (χ0n) is 17.5. The smallest absolute Gasteiger partial charge is 0.319 e. The van der Waals surface area contributed by atoms with Gasteiger partial charge >= 0.3 is 6.03 Å². The largest absolute Gasteiger partial charge is 0.331 e. The maximum atomic E-state index is 12.4. The summed E-state index contributed by atoms with van der Waals surface area (Å²) in [5, 5.41) is 15.7. The van der Waals surface area contributed by atoms with E-state index in [1.807, 2.05) is 54.0 Å². The lowest BCUT2D eigenvalue weighted by Gasteiger charge is -2.12. The molecule has 162 valence electrons. The van der Waals surface area contributed by atoms with Crippen molar-refractivity contribution in [1.82, 2.24) is 20.1 Å². The van der Waals surface area contributed by atoms with Gasteiger partial charge in [-0.05, 0) is 42.8 Å². The molecule has 4 rings (SSSR count). The number of benzene rings is 3. The highest BCUT2D eigenvalue weighted by Crippen LogP contribution is 2.25. The predicted molar refractivity (Wildman–Crippen MR) is 129 cm³/mol. The highest BCUT2D eigenvalue weighted by molar-refractivity contribution is 7.98. The molecule has 0 unspecified atom stereocenters. The van der Waals surface area contributed by atoms with E-state index in [1.54, 1.807) is 36.0 Å². The third-order valence-electron chi connectivity index (χ3n) is 4.69. The Hall–Kier alpha value is -3.29. The SMILES string of the molecule is Cc1ccc(-n2c(CNC(=O)Nc3cccc(Cl)c3)nnc2SCc2ccccc2)cc1. The van der Waals surface area contributed by atoms with Crippen LogP contribution in [0.15, 0.2) is 84.0 Å². The molecular weight excluding hydrogens is 442 g/mol. The molecule has 32 heavy (non-hydrogen) atoms. The predicted octanol–water partition coefficient (Wildman–Crippen LogP) is 5.84. The summed E-state index contributed by atoms with van der Waals surface area (Å²) in [6, 6.07) is 25.0. The molecule has 0 fully saturated rings. The van der Waals surface area contributed by atoms with E-state index in [4.69, 9.17) is 11.6 Å². The number of nitrogens with zero attached hydrogens (tertiary/aromatic N) is 3. The van der Waals surface area contributed by atoms with Gasteiger partial charge in [0.1, 0.15) is 0 Å². The van der Waals surface area contributed by atoms with Crippen LogP contribution in [0.25, 0.3) is 5.69 Å². The van der Waals surface area contributed by atoms with Crippen LogP contribution in [0.3, 0.4) is 0 Å². The molecule has 0 aliphatic carbocycles. The number of aryl methyl sites for hydroxylation is 1. The van der Waals surface area contributed by atoms with E-state index in [1.165, 1.54) is 11.1 Å². The first-order chi connectivity index (χ1) is 15.6. The lowest BCUT2D eigenvalue weighted by Crippen LogP contribution is -2.29. The van der Waals surface area contributed by atoms with Crippen LogP contribution in [-0.2, 0) is 12.3 Å². The molecule has 0 spiro atoms. The van der Waals surface area contributed by atoms with Gasteiger partial charge in [-0.15, -0.1) is 10.2 Å². The van der Waals surface area contributed by atoms with Crippen LogP contribution < -0.4 is 10.6 Å². The second kappa shape index (κ2) is 10.3. The van der Waals surface area contributed by atoms with Crippen molar-refractivity contribution in [3.05, 3.63) is 101 Å². The number of carbonyl (C=O) groups excluding carboxylic acids is 1. The summed E-state index contributed by atoms with van der Waals surface area (Å²) >= 11 is 7.59. The molecule has 4 aromatic rings. The summed E-state index contributed by atoms with van der Waals surface area (Å²) in [7, 11) is 0. The summed E-state index contributed by atoms with van der Waals surface area (Å²) < 4.78 is 1.98. The second-order valence-corrected chi connectivity index (χ2v) is 8.54. The monoisotopic (exact) mass is 463 g/mol. The van der Waals surface area contributed by atoms with Gasteiger partial charge in [-0.2, -0.15) is 0 Å². The maximum absolute atomic E-state index is 12.4. The van der Waals surface area contributed by atoms with Crippen molar-refractivity contribution in [3.63, 3.8) is 0 Å². The fourth-order valence-electron chi connectivity index (χ4n) is 3.08. The van der Waals surface area contributed by atoms with Crippen molar-refractivity contribution >= 4 is 35.1 Å². The standard InChI is InChI=1S/C24H22ClN5OS/c1-17-10-12-21(13-11-17)30-22(15-26-23(31)27-20-9-5-8-19(25)14-20)28-29-24(30)32-16-18-6-3-2-4-7-18/h2-14H,15-16H2,1H3,(H2,26,27,31). The zero-order valence-corrected chi connectivity index (χ0v) is 19.0. The highest BCUT2D eigenvalue weighted by Gasteiger charge is 2.15. The van der Waals surface area contributed by atoms with Crippen LogP contribution >= 0.6 is 23.4 Å². The van der Waals surface area contributed by atoms with Gasteiger partial charge in [0.25, 0.3) is 0 Å². The van der Waals surface area contributed by atoms with E-state index in [9.17, 15) is 4.79 Å². The molecule has 2 N–H and O–H groups in total. The number of nitrogens with one attached hydrogen (secondary N) is 2. The third-order valence-corrected chi connectivity index (χ3v) is 5.93. The number of rotatable bonds is 7. The van der Waals surface area contributed by atoms with Gasteiger partial charge < -0.3 is 10.6 Å². The van der Waals surface area contributed by atoms with Crippen molar-refractivity contribution in [2.24, 2.45) is 0 Å². The lowest BCUT2D eigenvalue weighted by molar-refractivity contribution is 0.251. The Labute approximate surface area is 196 Å². The van der Waals surface area contributed by atoms with Gasteiger partial charge in [0.15, 0.2) is 11.0 Å². The zero-order chi connectivity index (χ0) is 22.3. The van der Waals surface area contributed by atoms with Gasteiger partial charge in [0.2, 0.25) is 0 Å². The number of urea groups is 1. The van der Waals surface area contributed by atoms with Crippen LogP contribution in [0.1, 0.15) is 17.0 Å². The Kier molecular flexibility index (Phi) is 7.09. The van der Waals surface area contributed by atoms with E-state index in [0.717, 1.165) is 16.6 Å². The van der Waals surface area contributed by atoms with Gasteiger partial charge in [-0.3, -0.25) is 4.57 Å². The van der Waals surface area contributed by atoms with Gasteiger partial charge in [-0.1, -0.05) is 77.5 Å². The molecule has 6 nitrogen and oxygen atoms in total. The van der Waals surface area contributed by atoms with Crippen molar-refractivity contribution < 1.29 is 4.79 Å². The topological polar surface area (TPSA) is 71.8 Å². The first-order valence-corrected chi connectivity index (χ1v) is 11.4. The average Bonchev–Trinajstić information content (AvgIpc) is 3.20. The third kappa shape index (κ3) is 5.69. The van der Waals surface area contributed by atoms with Crippen LogP contribution in [0.5, 0.6) is 0 Å². The lowest BCUT2D eigenvalue weighted by atomic mass is 10.2. The number of hydrogen-bond donors (Lipinski definition) is 2. The van der Waals surface area contributed by atoms with E-state index in [-0.39, 0.29) is 12.6 Å². The van der Waals surface area contributed by atoms with E-state index in [0.29, 0.717) is 16.5 Å².